The second kappa shape index (κ2) is 9.47. The number of nitrogens with zero attached hydrogens (tertiary/aromatic N) is 2. The summed E-state index contributed by atoms with van der Waals surface area (Å²) in [5, 5.41) is 15.1. The molecule has 2 N–H and O–H groups in total. The maximum atomic E-state index is 12.4. The molecule has 0 unspecified atom stereocenters. The molecule has 0 bridgehead atoms. The average molecular weight is 376 g/mol. The molecule has 6 heteroatoms. The smallest absolute Gasteiger partial charge is 0.267 e. The number of methoxy groups -OCH3 is 1. The van der Waals surface area contributed by atoms with E-state index >= 15 is 0 Å². The van der Waals surface area contributed by atoms with Crippen molar-refractivity contribution in [3.8, 4) is 11.8 Å². The third-order valence-electron chi connectivity index (χ3n) is 4.69. The molecule has 1 amide bonds. The maximum Gasteiger partial charge on any atom is 0.267 e. The van der Waals surface area contributed by atoms with Crippen LogP contribution in [0.4, 0.5) is 17.1 Å². The summed E-state index contributed by atoms with van der Waals surface area (Å²) < 4.78 is 5.21. The van der Waals surface area contributed by atoms with Gasteiger partial charge in [-0.15, -0.1) is 0 Å². The Labute approximate surface area is 165 Å². The molecule has 0 aliphatic carbocycles. The minimum Gasteiger partial charge on any atom is -0.495 e. The van der Waals surface area contributed by atoms with E-state index in [4.69, 9.17) is 4.74 Å². The van der Waals surface area contributed by atoms with Gasteiger partial charge in [0.25, 0.3) is 5.91 Å². The van der Waals surface area contributed by atoms with Gasteiger partial charge in [-0.1, -0.05) is 12.1 Å². The summed E-state index contributed by atoms with van der Waals surface area (Å²) in [7, 11) is 1.53. The Hall–Kier alpha value is -3.46. The maximum absolute atomic E-state index is 12.4. The molecule has 1 aliphatic rings. The SMILES string of the molecule is COc1ccccc1NC(=O)/C(C#N)=C\Nc1ccc(N2CCCCC2)cc1. The van der Waals surface area contributed by atoms with Crippen LogP contribution in [0.3, 0.4) is 0 Å². The van der Waals surface area contributed by atoms with Gasteiger partial charge in [0, 0.05) is 30.7 Å². The van der Waals surface area contributed by atoms with Gasteiger partial charge in [-0.2, -0.15) is 5.26 Å². The van der Waals surface area contributed by atoms with E-state index in [-0.39, 0.29) is 5.57 Å². The van der Waals surface area contributed by atoms with Gasteiger partial charge < -0.3 is 20.3 Å². The van der Waals surface area contributed by atoms with Crippen molar-refractivity contribution < 1.29 is 9.53 Å². The van der Waals surface area contributed by atoms with E-state index < -0.39 is 5.91 Å². The lowest BCUT2D eigenvalue weighted by atomic mass is 10.1. The Bertz CT molecular complexity index is 878. The topological polar surface area (TPSA) is 77.4 Å². The van der Waals surface area contributed by atoms with Crippen LogP contribution in [-0.2, 0) is 4.79 Å². The molecule has 1 fully saturated rings. The molecule has 2 aromatic carbocycles. The van der Waals surface area contributed by atoms with Gasteiger partial charge in [-0.3, -0.25) is 4.79 Å². The quantitative estimate of drug-likeness (QED) is 0.585. The molecular weight excluding hydrogens is 352 g/mol. The van der Waals surface area contributed by atoms with E-state index in [0.717, 1.165) is 18.8 Å². The Morgan fingerprint density at radius 1 is 1.11 bits per heavy atom. The normalized spacial score (nSPS) is 14.1. The van der Waals surface area contributed by atoms with E-state index in [2.05, 4.69) is 27.7 Å². The van der Waals surface area contributed by atoms with Crippen molar-refractivity contribution in [2.24, 2.45) is 0 Å². The highest BCUT2D eigenvalue weighted by molar-refractivity contribution is 6.07. The summed E-state index contributed by atoms with van der Waals surface area (Å²) in [6, 6.07) is 17.0. The minimum absolute atomic E-state index is 0.0222. The van der Waals surface area contributed by atoms with E-state index in [1.165, 1.54) is 38.3 Å². The average Bonchev–Trinajstić information content (AvgIpc) is 2.75. The summed E-state index contributed by atoms with van der Waals surface area (Å²) in [6.07, 6.45) is 5.18. The lowest BCUT2D eigenvalue weighted by molar-refractivity contribution is -0.112. The predicted molar refractivity (Wildman–Crippen MR) is 111 cm³/mol. The third-order valence-corrected chi connectivity index (χ3v) is 4.69. The van der Waals surface area contributed by atoms with Crippen molar-refractivity contribution in [2.75, 3.05) is 35.7 Å². The fraction of sp³-hybridized carbons (Fsp3) is 0.273. The Morgan fingerprint density at radius 3 is 2.50 bits per heavy atom. The van der Waals surface area contributed by atoms with Crippen molar-refractivity contribution in [3.05, 3.63) is 60.3 Å². The number of nitriles is 1. The second-order valence-corrected chi connectivity index (χ2v) is 6.56. The first-order valence-corrected chi connectivity index (χ1v) is 9.37. The molecule has 0 radical (unpaired) electrons. The molecular formula is C22H24N4O2. The molecule has 1 saturated heterocycles. The number of carbonyl (C=O) groups is 1. The highest BCUT2D eigenvalue weighted by atomic mass is 16.5. The van der Waals surface area contributed by atoms with Gasteiger partial charge in [-0.25, -0.2) is 0 Å². The van der Waals surface area contributed by atoms with Crippen LogP contribution in [0.2, 0.25) is 0 Å². The van der Waals surface area contributed by atoms with E-state index in [9.17, 15) is 10.1 Å². The van der Waals surface area contributed by atoms with Crippen LogP contribution >= 0.6 is 0 Å². The zero-order chi connectivity index (χ0) is 19.8. The number of ether oxygens (including phenoxy) is 1. The monoisotopic (exact) mass is 376 g/mol. The molecule has 0 saturated carbocycles. The van der Waals surface area contributed by atoms with Crippen molar-refractivity contribution in [1.82, 2.24) is 0 Å². The Balaban J connectivity index is 1.64. The van der Waals surface area contributed by atoms with Crippen molar-refractivity contribution in [1.29, 1.82) is 5.26 Å². The van der Waals surface area contributed by atoms with Gasteiger partial charge in [0.15, 0.2) is 0 Å². The third kappa shape index (κ3) is 4.83. The number of nitrogens with one attached hydrogen (secondary N) is 2. The van der Waals surface area contributed by atoms with Crippen LogP contribution in [0.5, 0.6) is 5.75 Å². The first kappa shape index (κ1) is 19.3. The van der Waals surface area contributed by atoms with Crippen LogP contribution in [0, 0.1) is 11.3 Å². The van der Waals surface area contributed by atoms with Crippen molar-refractivity contribution >= 4 is 23.0 Å². The molecule has 144 valence electrons. The van der Waals surface area contributed by atoms with Crippen LogP contribution in [-0.4, -0.2) is 26.1 Å². The number of carbonyl (C=O) groups excluding carboxylic acids is 1. The van der Waals surface area contributed by atoms with E-state index in [1.54, 1.807) is 18.2 Å². The largest absolute Gasteiger partial charge is 0.495 e. The first-order valence-electron chi connectivity index (χ1n) is 9.37. The number of benzene rings is 2. The summed E-state index contributed by atoms with van der Waals surface area (Å²) in [6.45, 7) is 2.18. The Kier molecular flexibility index (Phi) is 6.53. The highest BCUT2D eigenvalue weighted by Gasteiger charge is 2.13. The zero-order valence-electron chi connectivity index (χ0n) is 15.9. The zero-order valence-corrected chi connectivity index (χ0v) is 15.9. The molecule has 3 rings (SSSR count). The van der Waals surface area contributed by atoms with Crippen LogP contribution in [0.25, 0.3) is 0 Å². The molecule has 0 spiro atoms. The number of anilines is 3. The standard InChI is InChI=1S/C22H24N4O2/c1-28-21-8-4-3-7-20(21)25-22(27)17(15-23)16-24-18-9-11-19(12-10-18)26-13-5-2-6-14-26/h3-4,7-12,16,24H,2,5-6,13-14H2,1H3,(H,25,27)/b17-16-. The molecule has 1 aliphatic heterocycles. The fourth-order valence-electron chi connectivity index (χ4n) is 3.16. The summed E-state index contributed by atoms with van der Waals surface area (Å²) in [5.41, 5.74) is 2.51. The number of rotatable bonds is 6. The van der Waals surface area contributed by atoms with Crippen molar-refractivity contribution in [3.63, 3.8) is 0 Å². The molecule has 2 aromatic rings. The van der Waals surface area contributed by atoms with Crippen LogP contribution in [0.15, 0.2) is 60.3 Å². The van der Waals surface area contributed by atoms with Crippen molar-refractivity contribution in [2.45, 2.75) is 19.3 Å². The molecule has 0 atom stereocenters. The molecule has 6 nitrogen and oxygen atoms in total. The summed E-state index contributed by atoms with van der Waals surface area (Å²) in [5.74, 6) is 0.0406. The van der Waals surface area contributed by atoms with Gasteiger partial charge in [0.05, 0.1) is 12.8 Å². The lowest BCUT2D eigenvalue weighted by Gasteiger charge is -2.28. The first-order chi connectivity index (χ1) is 13.7. The highest BCUT2D eigenvalue weighted by Crippen LogP contribution is 2.24. The van der Waals surface area contributed by atoms with Crippen LogP contribution < -0.4 is 20.3 Å². The summed E-state index contributed by atoms with van der Waals surface area (Å²) >= 11 is 0. The number of hydrogen-bond acceptors (Lipinski definition) is 5. The van der Waals surface area contributed by atoms with Gasteiger partial charge >= 0.3 is 0 Å². The molecule has 28 heavy (non-hydrogen) atoms. The molecule has 0 aromatic heterocycles. The number of hydrogen-bond donors (Lipinski definition) is 2. The number of para-hydroxylation sites is 2. The summed E-state index contributed by atoms with van der Waals surface area (Å²) in [4.78, 5) is 14.8. The lowest BCUT2D eigenvalue weighted by Crippen LogP contribution is -2.29. The van der Waals surface area contributed by atoms with Crippen LogP contribution in [0.1, 0.15) is 19.3 Å². The van der Waals surface area contributed by atoms with Gasteiger partial charge in [0.2, 0.25) is 0 Å². The fourth-order valence-corrected chi connectivity index (χ4v) is 3.16. The minimum atomic E-state index is -0.496. The van der Waals surface area contributed by atoms with E-state index in [1.807, 2.05) is 24.3 Å². The Morgan fingerprint density at radius 2 is 1.82 bits per heavy atom. The number of amides is 1. The van der Waals surface area contributed by atoms with Gasteiger partial charge in [-0.05, 0) is 55.7 Å². The van der Waals surface area contributed by atoms with Gasteiger partial charge in [0.1, 0.15) is 17.4 Å². The van der Waals surface area contributed by atoms with E-state index in [0.29, 0.717) is 11.4 Å². The number of piperidine rings is 1. The second-order valence-electron chi connectivity index (χ2n) is 6.56. The molecule has 1 heterocycles. The predicted octanol–water partition coefficient (Wildman–Crippen LogP) is 4.14.